The van der Waals surface area contributed by atoms with Gasteiger partial charge < -0.3 is 20.9 Å². The minimum Gasteiger partial charge on any atom is -0.385 e. The third-order valence-electron chi connectivity index (χ3n) is 6.76. The Hall–Kier alpha value is -3.31. The molecule has 0 saturated carbocycles. The van der Waals surface area contributed by atoms with E-state index in [-0.39, 0.29) is 0 Å². The number of fused-ring (bicyclic) bond motifs is 1. The number of aromatic nitrogens is 1. The second kappa shape index (κ2) is 8.32. The van der Waals surface area contributed by atoms with Crippen LogP contribution >= 0.6 is 0 Å². The number of nitrogens with one attached hydrogen (secondary N) is 1. The summed E-state index contributed by atoms with van der Waals surface area (Å²) in [6.07, 6.45) is 2.86. The molecule has 3 heterocycles. The molecule has 0 unspecified atom stereocenters. The van der Waals surface area contributed by atoms with Gasteiger partial charge in [0.05, 0.1) is 0 Å². The van der Waals surface area contributed by atoms with E-state index in [0.717, 1.165) is 60.6 Å². The van der Waals surface area contributed by atoms with Gasteiger partial charge in [-0.3, -0.25) is 0 Å². The summed E-state index contributed by atoms with van der Waals surface area (Å²) < 4.78 is 0. The predicted octanol–water partition coefficient (Wildman–Crippen LogP) is 4.25. The van der Waals surface area contributed by atoms with Crippen LogP contribution in [0.2, 0.25) is 0 Å². The van der Waals surface area contributed by atoms with E-state index in [0.29, 0.717) is 11.9 Å². The van der Waals surface area contributed by atoms with Crippen molar-refractivity contribution in [1.29, 1.82) is 0 Å². The van der Waals surface area contributed by atoms with Crippen LogP contribution < -0.4 is 16.0 Å². The summed E-state index contributed by atoms with van der Waals surface area (Å²) in [5, 5.41) is 3.34. The molecule has 0 spiro atoms. The lowest BCUT2D eigenvalue weighted by Gasteiger charge is -2.39. The van der Waals surface area contributed by atoms with E-state index in [1.54, 1.807) is 0 Å². The topological polar surface area (TPSA) is 57.4 Å². The van der Waals surface area contributed by atoms with Crippen molar-refractivity contribution >= 4 is 17.2 Å². The van der Waals surface area contributed by atoms with Crippen LogP contribution in [0.5, 0.6) is 0 Å². The summed E-state index contributed by atoms with van der Waals surface area (Å²) in [6.45, 7) is 10.6. The molecule has 0 bridgehead atoms. The molecule has 2 aromatic carbocycles. The van der Waals surface area contributed by atoms with Crippen LogP contribution in [0.25, 0.3) is 28.0 Å². The molecule has 2 aliphatic rings. The fraction of sp³-hybridized carbons (Fsp3) is 0.296. The number of anilines is 2. The van der Waals surface area contributed by atoms with Crippen molar-refractivity contribution in [1.82, 2.24) is 15.2 Å². The third-order valence-corrected chi connectivity index (χ3v) is 6.76. The minimum absolute atomic E-state index is 0.514. The summed E-state index contributed by atoms with van der Waals surface area (Å²) in [7, 11) is 2.19. The molecule has 5 heteroatoms. The summed E-state index contributed by atoms with van der Waals surface area (Å²) in [5.74, 6) is 0.560. The molecule has 0 amide bonds. The molecule has 3 aromatic rings. The molecule has 1 aromatic heterocycles. The Morgan fingerprint density at radius 1 is 1.00 bits per heavy atom. The zero-order valence-corrected chi connectivity index (χ0v) is 18.9. The zero-order chi connectivity index (χ0) is 22.2. The van der Waals surface area contributed by atoms with Crippen LogP contribution in [-0.4, -0.2) is 49.2 Å². The van der Waals surface area contributed by atoms with E-state index >= 15 is 0 Å². The summed E-state index contributed by atoms with van der Waals surface area (Å²) in [4.78, 5) is 9.41. The van der Waals surface area contributed by atoms with Crippen molar-refractivity contribution in [3.63, 3.8) is 0 Å². The van der Waals surface area contributed by atoms with E-state index in [1.165, 1.54) is 16.8 Å². The van der Waals surface area contributed by atoms with Gasteiger partial charge in [-0.05, 0) is 55.3 Å². The highest BCUT2D eigenvalue weighted by Gasteiger charge is 2.21. The van der Waals surface area contributed by atoms with E-state index in [9.17, 15) is 0 Å². The number of nitrogens with two attached hydrogens (primary N) is 1. The van der Waals surface area contributed by atoms with Gasteiger partial charge in [-0.15, -0.1) is 0 Å². The Balaban J connectivity index is 1.44. The smallest absolute Gasteiger partial charge is 0.131 e. The van der Waals surface area contributed by atoms with Crippen LogP contribution in [0.15, 0.2) is 61.3 Å². The number of pyridine rings is 1. The van der Waals surface area contributed by atoms with Gasteiger partial charge >= 0.3 is 0 Å². The van der Waals surface area contributed by atoms with E-state index < -0.39 is 0 Å². The van der Waals surface area contributed by atoms with Gasteiger partial charge in [-0.25, -0.2) is 4.98 Å². The first-order chi connectivity index (χ1) is 15.5. The van der Waals surface area contributed by atoms with E-state index in [1.807, 2.05) is 6.20 Å². The summed E-state index contributed by atoms with van der Waals surface area (Å²) >= 11 is 0. The molecule has 32 heavy (non-hydrogen) atoms. The Bertz CT molecular complexity index is 1150. The van der Waals surface area contributed by atoms with Crippen LogP contribution in [0.4, 0.5) is 11.5 Å². The second-order valence-corrected chi connectivity index (χ2v) is 9.04. The summed E-state index contributed by atoms with van der Waals surface area (Å²) in [5.41, 5.74) is 15.4. The molecule has 1 atom stereocenters. The number of nitrogen functional groups attached to an aromatic ring is 1. The molecule has 2 aliphatic heterocycles. The average molecular weight is 426 g/mol. The third kappa shape index (κ3) is 3.84. The molecular formula is C27H31N5. The first kappa shape index (κ1) is 20.6. The number of benzene rings is 2. The Kier molecular flexibility index (Phi) is 5.35. The molecule has 164 valence electrons. The maximum absolute atomic E-state index is 6.30. The molecule has 5 rings (SSSR count). The Morgan fingerprint density at radius 2 is 1.78 bits per heavy atom. The van der Waals surface area contributed by atoms with Crippen LogP contribution in [0, 0.1) is 0 Å². The normalized spacial score (nSPS) is 18.9. The van der Waals surface area contributed by atoms with Gasteiger partial charge in [-0.1, -0.05) is 36.9 Å². The lowest BCUT2D eigenvalue weighted by Crippen LogP contribution is -2.50. The maximum Gasteiger partial charge on any atom is 0.131 e. The molecule has 3 N–H and O–H groups in total. The van der Waals surface area contributed by atoms with Crippen molar-refractivity contribution in [2.45, 2.75) is 19.4 Å². The lowest BCUT2D eigenvalue weighted by molar-refractivity contribution is 0.275. The second-order valence-electron chi connectivity index (χ2n) is 9.04. The lowest BCUT2D eigenvalue weighted by atomic mass is 9.93. The van der Waals surface area contributed by atoms with Crippen LogP contribution in [0.3, 0.4) is 0 Å². The highest BCUT2D eigenvalue weighted by molar-refractivity contribution is 5.81. The highest BCUT2D eigenvalue weighted by Crippen LogP contribution is 2.33. The number of piperazine rings is 1. The Morgan fingerprint density at radius 3 is 2.56 bits per heavy atom. The standard InChI is InChI=1S/C27H31N5/c1-18-17-31(3)12-13-32(18)24-7-4-20(5-8-24)23-15-26(27(28)30-16-23)21-6-9-25-19(2)29-11-10-22(25)14-21/h4-9,14-16,18,29H,2,10-13,17H2,1,3H3,(H2,28,30)/t18-/m0/s1. The van der Waals surface area contributed by atoms with Crippen LogP contribution in [0.1, 0.15) is 18.1 Å². The number of hydrogen-bond donors (Lipinski definition) is 2. The van der Waals surface area contributed by atoms with Crippen molar-refractivity contribution < 1.29 is 0 Å². The molecule has 0 radical (unpaired) electrons. The van der Waals surface area contributed by atoms with Gasteiger partial charge in [0.1, 0.15) is 5.82 Å². The van der Waals surface area contributed by atoms with E-state index in [2.05, 4.69) is 89.2 Å². The van der Waals surface area contributed by atoms with E-state index in [4.69, 9.17) is 5.73 Å². The van der Waals surface area contributed by atoms with Crippen molar-refractivity contribution in [3.8, 4) is 22.3 Å². The van der Waals surface area contributed by atoms with Crippen molar-refractivity contribution in [2.75, 3.05) is 43.9 Å². The molecule has 0 aliphatic carbocycles. The largest absolute Gasteiger partial charge is 0.385 e. The first-order valence-electron chi connectivity index (χ1n) is 11.4. The SMILES string of the molecule is C=C1NCCc2cc(-c3cc(-c4ccc(N5CCN(C)C[C@@H]5C)cc4)cnc3N)ccc21. The fourth-order valence-corrected chi connectivity index (χ4v) is 4.94. The Labute approximate surface area is 190 Å². The van der Waals surface area contributed by atoms with Gasteiger partial charge in [0, 0.05) is 66.5 Å². The van der Waals surface area contributed by atoms with Gasteiger partial charge in [0.15, 0.2) is 0 Å². The van der Waals surface area contributed by atoms with Gasteiger partial charge in [0.25, 0.3) is 0 Å². The average Bonchev–Trinajstić information content (AvgIpc) is 2.80. The monoisotopic (exact) mass is 425 g/mol. The first-order valence-corrected chi connectivity index (χ1v) is 11.4. The van der Waals surface area contributed by atoms with Gasteiger partial charge in [0.2, 0.25) is 0 Å². The number of nitrogens with zero attached hydrogens (tertiary/aromatic N) is 3. The quantitative estimate of drug-likeness (QED) is 0.657. The fourth-order valence-electron chi connectivity index (χ4n) is 4.94. The van der Waals surface area contributed by atoms with Gasteiger partial charge in [-0.2, -0.15) is 0 Å². The number of likely N-dealkylation sites (N-methyl/N-ethyl adjacent to an activating group) is 1. The van der Waals surface area contributed by atoms with Crippen molar-refractivity contribution in [3.05, 3.63) is 72.4 Å². The number of hydrogen-bond acceptors (Lipinski definition) is 5. The minimum atomic E-state index is 0.514. The molecule has 1 saturated heterocycles. The highest BCUT2D eigenvalue weighted by atomic mass is 15.3. The van der Waals surface area contributed by atoms with Crippen molar-refractivity contribution in [2.24, 2.45) is 0 Å². The number of rotatable bonds is 3. The molecular weight excluding hydrogens is 394 g/mol. The van der Waals surface area contributed by atoms with Crippen LogP contribution in [-0.2, 0) is 6.42 Å². The molecule has 5 nitrogen and oxygen atoms in total. The molecule has 1 fully saturated rings. The predicted molar refractivity (Wildman–Crippen MR) is 135 cm³/mol. The zero-order valence-electron chi connectivity index (χ0n) is 18.9. The summed E-state index contributed by atoms with van der Waals surface area (Å²) in [6, 6.07) is 18.0. The maximum atomic E-state index is 6.30.